The van der Waals surface area contributed by atoms with Gasteiger partial charge in [0.25, 0.3) is 0 Å². The minimum atomic E-state index is 0. The zero-order chi connectivity index (χ0) is 7.71. The van der Waals surface area contributed by atoms with Crippen LogP contribution in [0.15, 0.2) is 0 Å². The Hall–Kier alpha value is -0.0800. The quantitative estimate of drug-likeness (QED) is 0.551. The minimum absolute atomic E-state index is 0. The van der Waals surface area contributed by atoms with Crippen LogP contribution in [0.3, 0.4) is 0 Å². The fourth-order valence-corrected chi connectivity index (χ4v) is 1.12. The van der Waals surface area contributed by atoms with Gasteiger partial charge in [-0.25, -0.2) is 0 Å². The van der Waals surface area contributed by atoms with Crippen molar-refractivity contribution in [3.8, 4) is 0 Å². The zero-order valence-corrected chi connectivity index (χ0v) is 8.21. The van der Waals surface area contributed by atoms with Crippen LogP contribution in [0.2, 0.25) is 0 Å². The Morgan fingerprint density at radius 3 is 0.900 bits per heavy atom. The molecule has 0 aromatic carbocycles. The lowest BCUT2D eigenvalue weighted by molar-refractivity contribution is 0.303. The molecule has 0 aromatic rings. The van der Waals surface area contributed by atoms with Crippen LogP contribution in [0.4, 0.5) is 0 Å². The van der Waals surface area contributed by atoms with Crippen LogP contribution in [0.5, 0.6) is 0 Å². The molecular weight excluding hydrogens is 124 g/mol. The average Bonchev–Trinajstić information content (AvgIpc) is 1.14. The first-order valence-electron chi connectivity index (χ1n) is 3.50. The molecule has 0 rings (SSSR count). The van der Waals surface area contributed by atoms with Crippen LogP contribution >= 0.6 is 0 Å². The second kappa shape index (κ2) is 3.35. The summed E-state index contributed by atoms with van der Waals surface area (Å²) in [6, 6.07) is 0. The summed E-state index contributed by atoms with van der Waals surface area (Å²) in [6.45, 7) is 13.1. The fraction of sp³-hybridized carbons (Fsp3) is 1.00. The van der Waals surface area contributed by atoms with E-state index in [1.165, 1.54) is 0 Å². The van der Waals surface area contributed by atoms with Crippen molar-refractivity contribution >= 4 is 0 Å². The molecule has 0 aromatic heterocycles. The Kier molecular flexibility index (Phi) is 4.22. The Morgan fingerprint density at radius 1 is 0.700 bits per heavy atom. The van der Waals surface area contributed by atoms with E-state index >= 15 is 0 Å². The normalized spacial score (nSPS) is 12.6. The number of nitrogens with one attached hydrogen (secondary N) is 1. The first kappa shape index (κ1) is 12.6. The summed E-state index contributed by atoms with van der Waals surface area (Å²) in [5.74, 6) is 0. The van der Waals surface area contributed by atoms with Gasteiger partial charge in [-0.3, -0.25) is 0 Å². The molecule has 0 saturated carbocycles. The van der Waals surface area contributed by atoms with Gasteiger partial charge in [0.2, 0.25) is 0 Å². The SMILES string of the molecule is CC(C)(C)NC(C)(C)C.N. The molecule has 0 spiro atoms. The first-order chi connectivity index (χ1) is 3.71. The highest BCUT2D eigenvalue weighted by atomic mass is 15.0. The van der Waals surface area contributed by atoms with E-state index in [0.29, 0.717) is 0 Å². The summed E-state index contributed by atoms with van der Waals surface area (Å²) in [5, 5.41) is 3.46. The lowest BCUT2D eigenvalue weighted by atomic mass is 10.0. The van der Waals surface area contributed by atoms with Gasteiger partial charge in [-0.2, -0.15) is 0 Å². The summed E-state index contributed by atoms with van der Waals surface area (Å²) in [6.07, 6.45) is 0. The molecule has 0 aliphatic carbocycles. The molecule has 4 N–H and O–H groups in total. The monoisotopic (exact) mass is 146 g/mol. The van der Waals surface area contributed by atoms with Gasteiger partial charge in [0, 0.05) is 11.1 Å². The molecule has 10 heavy (non-hydrogen) atoms. The Morgan fingerprint density at radius 2 is 0.900 bits per heavy atom. The number of rotatable bonds is 0. The third kappa shape index (κ3) is 10.8. The van der Waals surface area contributed by atoms with E-state index in [2.05, 4.69) is 46.9 Å². The predicted octanol–water partition coefficient (Wildman–Crippen LogP) is 2.33. The van der Waals surface area contributed by atoms with Crippen LogP contribution in [0.1, 0.15) is 41.5 Å². The number of hydrogen-bond donors (Lipinski definition) is 2. The van der Waals surface area contributed by atoms with Crippen molar-refractivity contribution in [2.75, 3.05) is 0 Å². The lowest BCUT2D eigenvalue weighted by Gasteiger charge is -2.31. The van der Waals surface area contributed by atoms with Gasteiger partial charge in [0.1, 0.15) is 0 Å². The molecule has 0 aliphatic rings. The van der Waals surface area contributed by atoms with Gasteiger partial charge in [-0.1, -0.05) is 0 Å². The molecular formula is C8H22N2. The Labute approximate surface area is 65.0 Å². The first-order valence-corrected chi connectivity index (χ1v) is 3.50. The maximum atomic E-state index is 3.46. The van der Waals surface area contributed by atoms with Gasteiger partial charge in [0.05, 0.1) is 0 Å². The third-order valence-electron chi connectivity index (χ3n) is 0.750. The molecule has 2 heteroatoms. The Bertz CT molecular complexity index is 72.4. The molecule has 0 aliphatic heterocycles. The second-order valence-corrected chi connectivity index (χ2v) is 4.62. The third-order valence-corrected chi connectivity index (χ3v) is 0.750. The standard InChI is InChI=1S/C8H19N.H3N/c1-7(2,3)9-8(4,5)6;/h9H,1-6H3;1H3. The van der Waals surface area contributed by atoms with Crippen molar-refractivity contribution in [3.05, 3.63) is 0 Å². The highest BCUT2D eigenvalue weighted by molar-refractivity contribution is 4.80. The average molecular weight is 146 g/mol. The second-order valence-electron chi connectivity index (χ2n) is 4.62. The maximum absolute atomic E-state index is 3.46. The van der Waals surface area contributed by atoms with Crippen molar-refractivity contribution in [1.29, 1.82) is 0 Å². The van der Waals surface area contributed by atoms with Crippen LogP contribution in [-0.4, -0.2) is 11.1 Å². The molecule has 0 fully saturated rings. The summed E-state index contributed by atoms with van der Waals surface area (Å²) < 4.78 is 0. The highest BCUT2D eigenvalue weighted by Gasteiger charge is 2.17. The van der Waals surface area contributed by atoms with Crippen LogP contribution in [-0.2, 0) is 0 Å². The van der Waals surface area contributed by atoms with E-state index in [9.17, 15) is 0 Å². The molecule has 0 amide bonds. The maximum Gasteiger partial charge on any atom is 0.0101 e. The molecule has 2 nitrogen and oxygen atoms in total. The largest absolute Gasteiger partial charge is 0.344 e. The van der Waals surface area contributed by atoms with Crippen molar-refractivity contribution in [2.45, 2.75) is 52.6 Å². The molecule has 0 unspecified atom stereocenters. The Balaban J connectivity index is 0. The summed E-state index contributed by atoms with van der Waals surface area (Å²) in [4.78, 5) is 0. The summed E-state index contributed by atoms with van der Waals surface area (Å²) in [5.41, 5.74) is 0.469. The van der Waals surface area contributed by atoms with E-state index in [-0.39, 0.29) is 17.2 Å². The number of hydrogen-bond acceptors (Lipinski definition) is 2. The minimum Gasteiger partial charge on any atom is -0.344 e. The molecule has 0 heterocycles. The molecule has 0 atom stereocenters. The van der Waals surface area contributed by atoms with Gasteiger partial charge in [0.15, 0.2) is 0 Å². The topological polar surface area (TPSA) is 47.0 Å². The van der Waals surface area contributed by atoms with Gasteiger partial charge >= 0.3 is 0 Å². The molecule has 64 valence electrons. The van der Waals surface area contributed by atoms with Crippen molar-refractivity contribution < 1.29 is 0 Å². The van der Waals surface area contributed by atoms with Crippen molar-refractivity contribution in [3.63, 3.8) is 0 Å². The van der Waals surface area contributed by atoms with Crippen LogP contribution in [0.25, 0.3) is 0 Å². The van der Waals surface area contributed by atoms with E-state index in [1.54, 1.807) is 0 Å². The van der Waals surface area contributed by atoms with Crippen LogP contribution in [0, 0.1) is 0 Å². The van der Waals surface area contributed by atoms with Gasteiger partial charge in [-0.15, -0.1) is 0 Å². The van der Waals surface area contributed by atoms with Gasteiger partial charge in [-0.05, 0) is 41.5 Å². The molecule has 0 saturated heterocycles. The fourth-order valence-electron chi connectivity index (χ4n) is 1.12. The zero-order valence-electron chi connectivity index (χ0n) is 8.21. The van der Waals surface area contributed by atoms with Crippen LogP contribution < -0.4 is 11.5 Å². The van der Waals surface area contributed by atoms with Crippen molar-refractivity contribution in [1.82, 2.24) is 11.5 Å². The van der Waals surface area contributed by atoms with E-state index in [1.807, 2.05) is 0 Å². The summed E-state index contributed by atoms with van der Waals surface area (Å²) >= 11 is 0. The van der Waals surface area contributed by atoms with E-state index in [0.717, 1.165) is 0 Å². The summed E-state index contributed by atoms with van der Waals surface area (Å²) in [7, 11) is 0. The smallest absolute Gasteiger partial charge is 0.0101 e. The van der Waals surface area contributed by atoms with E-state index < -0.39 is 0 Å². The van der Waals surface area contributed by atoms with Gasteiger partial charge < -0.3 is 11.5 Å². The van der Waals surface area contributed by atoms with Crippen molar-refractivity contribution in [2.24, 2.45) is 0 Å². The molecule has 0 bridgehead atoms. The predicted molar refractivity (Wildman–Crippen MR) is 47.7 cm³/mol. The van der Waals surface area contributed by atoms with E-state index in [4.69, 9.17) is 0 Å². The lowest BCUT2D eigenvalue weighted by Crippen LogP contribution is -2.48. The molecule has 0 radical (unpaired) electrons. The highest BCUT2D eigenvalue weighted by Crippen LogP contribution is 2.08.